The van der Waals surface area contributed by atoms with Gasteiger partial charge < -0.3 is 19.4 Å². The Morgan fingerprint density at radius 3 is 2.83 bits per heavy atom. The number of rotatable bonds is 5. The number of ether oxygens (including phenoxy) is 2. The molecular weight excluding hydrogens is 378 g/mol. The standard InChI is InChI=1S/C22H20F2N2O3/c1-28-19-8-4-5-14(21(19)29-22(23)24)9-10-20(27)26-12-11-18-16(13-26)15-6-2-3-7-17(15)25-18/h2-10,22,25H,11-13H2,1H3/b10-9+. The molecule has 0 atom stereocenters. The van der Waals surface area contributed by atoms with E-state index in [0.29, 0.717) is 18.7 Å². The van der Waals surface area contributed by atoms with Crippen molar-refractivity contribution in [3.8, 4) is 11.5 Å². The molecule has 7 heteroatoms. The number of alkyl halides is 2. The highest BCUT2D eigenvalue weighted by atomic mass is 19.3. The fraction of sp³-hybridized carbons (Fsp3) is 0.227. The van der Waals surface area contributed by atoms with E-state index < -0.39 is 6.61 Å². The second-order valence-electron chi connectivity index (χ2n) is 6.73. The Balaban J connectivity index is 1.55. The number of amides is 1. The Kier molecular flexibility index (Phi) is 5.20. The number of nitrogens with zero attached hydrogens (tertiary/aromatic N) is 1. The van der Waals surface area contributed by atoms with Crippen LogP contribution in [0, 0.1) is 0 Å². The van der Waals surface area contributed by atoms with Gasteiger partial charge in [-0.2, -0.15) is 8.78 Å². The summed E-state index contributed by atoms with van der Waals surface area (Å²) in [6, 6.07) is 12.8. The van der Waals surface area contributed by atoms with Gasteiger partial charge in [-0.25, -0.2) is 0 Å². The fourth-order valence-corrected chi connectivity index (χ4v) is 3.66. The SMILES string of the molecule is COc1cccc(/C=C/C(=O)N2CCc3[nH]c4ccccc4c3C2)c1OC(F)F. The number of carbonyl (C=O) groups excluding carboxylic acids is 1. The van der Waals surface area contributed by atoms with Crippen molar-refractivity contribution >= 4 is 22.9 Å². The summed E-state index contributed by atoms with van der Waals surface area (Å²) in [4.78, 5) is 17.9. The van der Waals surface area contributed by atoms with Crippen LogP contribution in [0.5, 0.6) is 11.5 Å². The van der Waals surface area contributed by atoms with Crippen molar-refractivity contribution in [3.05, 3.63) is 65.4 Å². The smallest absolute Gasteiger partial charge is 0.387 e. The zero-order chi connectivity index (χ0) is 20.4. The number of hydrogen-bond donors (Lipinski definition) is 1. The molecule has 29 heavy (non-hydrogen) atoms. The molecule has 1 N–H and O–H groups in total. The molecule has 0 bridgehead atoms. The maximum Gasteiger partial charge on any atom is 0.387 e. The predicted octanol–water partition coefficient (Wildman–Crippen LogP) is 4.38. The highest BCUT2D eigenvalue weighted by Gasteiger charge is 2.23. The zero-order valence-corrected chi connectivity index (χ0v) is 15.8. The number of methoxy groups -OCH3 is 1. The van der Waals surface area contributed by atoms with Crippen LogP contribution in [-0.4, -0.2) is 36.1 Å². The summed E-state index contributed by atoms with van der Waals surface area (Å²) in [7, 11) is 1.37. The average Bonchev–Trinajstić information content (AvgIpc) is 3.10. The fourth-order valence-electron chi connectivity index (χ4n) is 3.66. The molecule has 1 amide bonds. The van der Waals surface area contributed by atoms with Crippen LogP contribution in [0.3, 0.4) is 0 Å². The molecular formula is C22H20F2N2O3. The maximum atomic E-state index is 12.8. The number of aromatic amines is 1. The molecule has 2 heterocycles. The molecule has 1 aliphatic heterocycles. The van der Waals surface area contributed by atoms with E-state index in [2.05, 4.69) is 9.72 Å². The lowest BCUT2D eigenvalue weighted by Gasteiger charge is -2.26. The molecule has 3 aromatic rings. The molecule has 0 aliphatic carbocycles. The number of para-hydroxylation sites is 2. The van der Waals surface area contributed by atoms with Gasteiger partial charge >= 0.3 is 6.61 Å². The number of nitrogens with one attached hydrogen (secondary N) is 1. The first kappa shape index (κ1) is 19.0. The van der Waals surface area contributed by atoms with E-state index in [1.807, 2.05) is 24.3 Å². The Bertz CT molecular complexity index is 1080. The van der Waals surface area contributed by atoms with Gasteiger partial charge in [0.05, 0.1) is 7.11 Å². The van der Waals surface area contributed by atoms with Crippen LogP contribution in [0.1, 0.15) is 16.8 Å². The molecule has 0 spiro atoms. The summed E-state index contributed by atoms with van der Waals surface area (Å²) < 4.78 is 35.2. The van der Waals surface area contributed by atoms with Gasteiger partial charge in [0.25, 0.3) is 0 Å². The van der Waals surface area contributed by atoms with Gasteiger partial charge in [0.2, 0.25) is 5.91 Å². The van der Waals surface area contributed by atoms with Crippen LogP contribution in [-0.2, 0) is 17.8 Å². The summed E-state index contributed by atoms with van der Waals surface area (Å²) in [5.41, 5.74) is 3.69. The number of benzene rings is 2. The summed E-state index contributed by atoms with van der Waals surface area (Å²) in [5, 5.41) is 1.12. The van der Waals surface area contributed by atoms with Crippen LogP contribution in [0.25, 0.3) is 17.0 Å². The van der Waals surface area contributed by atoms with Gasteiger partial charge in [-0.3, -0.25) is 4.79 Å². The van der Waals surface area contributed by atoms with E-state index in [-0.39, 0.29) is 17.4 Å². The summed E-state index contributed by atoms with van der Waals surface area (Å²) in [6.45, 7) is -1.90. The lowest BCUT2D eigenvalue weighted by atomic mass is 10.0. The summed E-state index contributed by atoms with van der Waals surface area (Å²) in [5.74, 6) is -0.0975. The normalized spacial score (nSPS) is 13.9. The minimum absolute atomic E-state index is 0.0911. The molecule has 0 saturated carbocycles. The molecule has 0 saturated heterocycles. The van der Waals surface area contributed by atoms with E-state index >= 15 is 0 Å². The Hall–Kier alpha value is -3.35. The minimum Gasteiger partial charge on any atom is -0.493 e. The van der Waals surface area contributed by atoms with E-state index in [9.17, 15) is 13.6 Å². The monoisotopic (exact) mass is 398 g/mol. The zero-order valence-electron chi connectivity index (χ0n) is 15.8. The van der Waals surface area contributed by atoms with Crippen molar-refractivity contribution in [1.29, 1.82) is 0 Å². The maximum absolute atomic E-state index is 12.8. The largest absolute Gasteiger partial charge is 0.493 e. The Morgan fingerprint density at radius 2 is 2.03 bits per heavy atom. The van der Waals surface area contributed by atoms with Gasteiger partial charge in [0.1, 0.15) is 0 Å². The number of aromatic nitrogens is 1. The van der Waals surface area contributed by atoms with Gasteiger partial charge in [-0.1, -0.05) is 30.3 Å². The molecule has 0 radical (unpaired) electrons. The van der Waals surface area contributed by atoms with E-state index in [4.69, 9.17) is 4.74 Å². The third kappa shape index (κ3) is 3.81. The van der Waals surface area contributed by atoms with Crippen molar-refractivity contribution in [2.75, 3.05) is 13.7 Å². The van der Waals surface area contributed by atoms with Crippen molar-refractivity contribution in [1.82, 2.24) is 9.88 Å². The second-order valence-corrected chi connectivity index (χ2v) is 6.73. The third-order valence-corrected chi connectivity index (χ3v) is 5.04. The second kappa shape index (κ2) is 7.95. The molecule has 0 unspecified atom stereocenters. The van der Waals surface area contributed by atoms with Crippen molar-refractivity contribution in [3.63, 3.8) is 0 Å². The molecule has 5 nitrogen and oxygen atoms in total. The quantitative estimate of drug-likeness (QED) is 0.649. The van der Waals surface area contributed by atoms with Gasteiger partial charge in [-0.15, -0.1) is 0 Å². The van der Waals surface area contributed by atoms with Gasteiger partial charge in [0, 0.05) is 53.3 Å². The lowest BCUT2D eigenvalue weighted by molar-refractivity contribution is -0.126. The van der Waals surface area contributed by atoms with Crippen LogP contribution in [0.15, 0.2) is 48.5 Å². The van der Waals surface area contributed by atoms with Gasteiger partial charge in [0.15, 0.2) is 11.5 Å². The summed E-state index contributed by atoms with van der Waals surface area (Å²) in [6.07, 6.45) is 3.60. The highest BCUT2D eigenvalue weighted by molar-refractivity contribution is 5.93. The number of hydrogen-bond acceptors (Lipinski definition) is 3. The van der Waals surface area contributed by atoms with Crippen LogP contribution >= 0.6 is 0 Å². The van der Waals surface area contributed by atoms with Gasteiger partial charge in [-0.05, 0) is 18.2 Å². The highest BCUT2D eigenvalue weighted by Crippen LogP contribution is 2.33. The Morgan fingerprint density at radius 1 is 1.21 bits per heavy atom. The number of halogens is 2. The van der Waals surface area contributed by atoms with E-state index in [0.717, 1.165) is 28.6 Å². The number of fused-ring (bicyclic) bond motifs is 3. The summed E-state index contributed by atoms with van der Waals surface area (Å²) >= 11 is 0. The molecule has 0 fully saturated rings. The third-order valence-electron chi connectivity index (χ3n) is 5.04. The molecule has 150 valence electrons. The molecule has 1 aliphatic rings. The molecule has 1 aromatic heterocycles. The topological polar surface area (TPSA) is 54.6 Å². The van der Waals surface area contributed by atoms with Crippen molar-refractivity contribution in [2.45, 2.75) is 19.6 Å². The predicted molar refractivity (Wildman–Crippen MR) is 106 cm³/mol. The van der Waals surface area contributed by atoms with E-state index in [1.165, 1.54) is 25.3 Å². The van der Waals surface area contributed by atoms with Crippen LogP contribution in [0.2, 0.25) is 0 Å². The molecule has 2 aromatic carbocycles. The Labute approximate surface area is 166 Å². The van der Waals surface area contributed by atoms with Crippen molar-refractivity contribution < 1.29 is 23.0 Å². The first-order valence-electron chi connectivity index (χ1n) is 9.24. The van der Waals surface area contributed by atoms with E-state index in [1.54, 1.807) is 17.0 Å². The average molecular weight is 398 g/mol. The number of H-pyrrole nitrogens is 1. The van der Waals surface area contributed by atoms with Crippen molar-refractivity contribution in [2.24, 2.45) is 0 Å². The van der Waals surface area contributed by atoms with Crippen LogP contribution in [0.4, 0.5) is 8.78 Å². The minimum atomic E-state index is -2.99. The van der Waals surface area contributed by atoms with Crippen LogP contribution < -0.4 is 9.47 Å². The first-order valence-corrected chi connectivity index (χ1v) is 9.24. The number of carbonyl (C=O) groups is 1. The first-order chi connectivity index (χ1) is 14.1. The lowest BCUT2D eigenvalue weighted by Crippen LogP contribution is -2.34. The molecule has 4 rings (SSSR count).